The Morgan fingerprint density at radius 3 is 2.49 bits per heavy atom. The minimum atomic E-state index is -0.0995. The number of aliphatic hydroxyl groups is 1. The summed E-state index contributed by atoms with van der Waals surface area (Å²) in [4.78, 5) is 0. The van der Waals surface area contributed by atoms with Gasteiger partial charge in [0, 0.05) is 0 Å². The summed E-state index contributed by atoms with van der Waals surface area (Å²) in [5.74, 6) is 5.88. The van der Waals surface area contributed by atoms with Gasteiger partial charge in [0.2, 0.25) is 0 Å². The van der Waals surface area contributed by atoms with Crippen LogP contribution in [0, 0.1) is 52.3 Å². The third-order valence-electron chi connectivity index (χ3n) is 11.7. The van der Waals surface area contributed by atoms with E-state index in [-0.39, 0.29) is 6.10 Å². The Hall–Kier alpha value is -1.08. The molecule has 0 aromatic heterocycles. The van der Waals surface area contributed by atoms with Crippen molar-refractivity contribution in [3.63, 3.8) is 0 Å². The van der Waals surface area contributed by atoms with Crippen LogP contribution in [0.4, 0.5) is 0 Å². The maximum Gasteiger partial charge on any atom is 0.0577 e. The number of hydrogen-bond acceptors (Lipinski definition) is 1. The van der Waals surface area contributed by atoms with Crippen LogP contribution in [0.25, 0.3) is 0 Å². The lowest BCUT2D eigenvalue weighted by Crippen LogP contribution is -2.51. The van der Waals surface area contributed by atoms with Crippen molar-refractivity contribution in [2.24, 2.45) is 52.3 Å². The normalized spacial score (nSPS) is 41.6. The number of hydrogen-bond donors (Lipinski definition) is 1. The molecule has 1 unspecified atom stereocenters. The monoisotopic (exact) mass is 476 g/mol. The van der Waals surface area contributed by atoms with Crippen LogP contribution in [-0.2, 0) is 6.42 Å². The SMILES string of the molecule is CC(C)CCC[C@@H](C)[C@H]1C(Cc2ccccc2)C[C@H]2[C@@H]3CC=C4C[C@@H](O)CC[C@]4(C)[C@H]3CC[C@]12C. The summed E-state index contributed by atoms with van der Waals surface area (Å²) in [6.45, 7) is 12.7. The number of aliphatic hydroxyl groups excluding tert-OH is 1. The van der Waals surface area contributed by atoms with Crippen LogP contribution in [0.3, 0.4) is 0 Å². The second-order valence-corrected chi connectivity index (χ2v) is 14.2. The zero-order chi connectivity index (χ0) is 24.8. The lowest BCUT2D eigenvalue weighted by Gasteiger charge is -2.58. The zero-order valence-corrected chi connectivity index (χ0v) is 23.3. The standard InChI is InChI=1S/C34H52O/c1-23(2)10-9-11-24(3)32-26(20-25-12-7-6-8-13-25)21-31-29-15-14-27-22-28(35)16-18-33(27,4)30(29)17-19-34(31,32)5/h6-8,12-14,23-24,26,28-32,35H,9-11,15-22H2,1-5H3/t24-,26?,28+,29-,30+,31+,32+,33+,34+/m1/s1. The summed E-state index contributed by atoms with van der Waals surface area (Å²) in [7, 11) is 0. The number of benzene rings is 1. The Labute approximate surface area is 216 Å². The molecule has 0 aliphatic heterocycles. The molecule has 0 radical (unpaired) electrons. The predicted octanol–water partition coefficient (Wildman–Crippen LogP) is 8.86. The molecular formula is C34H52O. The van der Waals surface area contributed by atoms with E-state index in [0.29, 0.717) is 10.8 Å². The van der Waals surface area contributed by atoms with E-state index in [4.69, 9.17) is 0 Å². The van der Waals surface area contributed by atoms with Crippen LogP contribution in [0.2, 0.25) is 0 Å². The Bertz CT molecular complexity index is 885. The average molecular weight is 477 g/mol. The Balaban J connectivity index is 1.43. The summed E-state index contributed by atoms with van der Waals surface area (Å²) >= 11 is 0. The zero-order valence-electron chi connectivity index (χ0n) is 23.3. The summed E-state index contributed by atoms with van der Waals surface area (Å²) < 4.78 is 0. The molecule has 0 amide bonds. The van der Waals surface area contributed by atoms with Crippen molar-refractivity contribution >= 4 is 0 Å². The highest BCUT2D eigenvalue weighted by atomic mass is 16.3. The van der Waals surface area contributed by atoms with Crippen molar-refractivity contribution in [1.82, 2.24) is 0 Å². The van der Waals surface area contributed by atoms with E-state index in [0.717, 1.165) is 54.3 Å². The van der Waals surface area contributed by atoms with Crippen LogP contribution in [0.1, 0.15) is 104 Å². The Morgan fingerprint density at radius 2 is 1.74 bits per heavy atom. The molecule has 0 bridgehead atoms. The van der Waals surface area contributed by atoms with E-state index in [2.05, 4.69) is 71.0 Å². The van der Waals surface area contributed by atoms with Crippen molar-refractivity contribution < 1.29 is 5.11 Å². The van der Waals surface area contributed by atoms with Gasteiger partial charge in [-0.25, -0.2) is 0 Å². The number of fused-ring (bicyclic) bond motifs is 5. The molecule has 0 heterocycles. The van der Waals surface area contributed by atoms with Gasteiger partial charge in [0.1, 0.15) is 0 Å². The Morgan fingerprint density at radius 1 is 0.971 bits per heavy atom. The van der Waals surface area contributed by atoms with Crippen LogP contribution in [0.15, 0.2) is 42.0 Å². The lowest BCUT2D eigenvalue weighted by molar-refractivity contribution is -0.0589. The van der Waals surface area contributed by atoms with Crippen molar-refractivity contribution in [2.45, 2.75) is 111 Å². The van der Waals surface area contributed by atoms with E-state index in [1.54, 1.807) is 11.1 Å². The highest BCUT2D eigenvalue weighted by Gasteiger charge is 2.61. The quantitative estimate of drug-likeness (QED) is 0.390. The topological polar surface area (TPSA) is 20.2 Å². The first-order valence-electron chi connectivity index (χ1n) is 15.1. The average Bonchev–Trinajstić information content (AvgIpc) is 3.11. The maximum atomic E-state index is 10.4. The molecule has 1 aromatic carbocycles. The fourth-order valence-electron chi connectivity index (χ4n) is 10.1. The molecule has 1 nitrogen and oxygen atoms in total. The second kappa shape index (κ2) is 10.00. The minimum Gasteiger partial charge on any atom is -0.393 e. The van der Waals surface area contributed by atoms with E-state index in [1.807, 2.05) is 0 Å². The Kier molecular flexibility index (Phi) is 7.30. The largest absolute Gasteiger partial charge is 0.393 e. The van der Waals surface area contributed by atoms with Gasteiger partial charge in [-0.15, -0.1) is 0 Å². The van der Waals surface area contributed by atoms with Crippen LogP contribution in [-0.4, -0.2) is 11.2 Å². The molecule has 4 aliphatic carbocycles. The molecule has 1 aromatic rings. The molecule has 35 heavy (non-hydrogen) atoms. The molecule has 194 valence electrons. The first kappa shape index (κ1) is 25.6. The van der Waals surface area contributed by atoms with E-state index >= 15 is 0 Å². The summed E-state index contributed by atoms with van der Waals surface area (Å²) in [6, 6.07) is 11.4. The molecule has 4 aliphatic rings. The number of rotatable bonds is 7. The van der Waals surface area contributed by atoms with Gasteiger partial charge in [0.25, 0.3) is 0 Å². The summed E-state index contributed by atoms with van der Waals surface area (Å²) in [5, 5.41) is 10.4. The van der Waals surface area contributed by atoms with E-state index in [1.165, 1.54) is 57.8 Å². The second-order valence-electron chi connectivity index (χ2n) is 14.2. The molecule has 3 fully saturated rings. The third kappa shape index (κ3) is 4.69. The van der Waals surface area contributed by atoms with Crippen molar-refractivity contribution in [3.8, 4) is 0 Å². The highest BCUT2D eigenvalue weighted by Crippen LogP contribution is 2.68. The molecule has 3 saturated carbocycles. The van der Waals surface area contributed by atoms with Crippen LogP contribution in [0.5, 0.6) is 0 Å². The minimum absolute atomic E-state index is 0.0995. The van der Waals surface area contributed by atoms with Crippen LogP contribution >= 0.6 is 0 Å². The molecule has 0 spiro atoms. The van der Waals surface area contributed by atoms with Gasteiger partial charge in [-0.1, -0.05) is 95.9 Å². The molecule has 1 N–H and O–H groups in total. The lowest BCUT2D eigenvalue weighted by atomic mass is 9.47. The maximum absolute atomic E-state index is 10.4. The van der Waals surface area contributed by atoms with Gasteiger partial charge in [-0.05, 0) is 109 Å². The predicted molar refractivity (Wildman–Crippen MR) is 148 cm³/mol. The molecule has 1 heteroatoms. The summed E-state index contributed by atoms with van der Waals surface area (Å²) in [6.07, 6.45) is 16.7. The number of allylic oxidation sites excluding steroid dienone is 1. The van der Waals surface area contributed by atoms with Gasteiger partial charge in [0.05, 0.1) is 6.10 Å². The molecule has 5 rings (SSSR count). The highest BCUT2D eigenvalue weighted by molar-refractivity contribution is 5.26. The van der Waals surface area contributed by atoms with Crippen molar-refractivity contribution in [2.75, 3.05) is 0 Å². The first-order valence-corrected chi connectivity index (χ1v) is 15.1. The molecule has 9 atom stereocenters. The fourth-order valence-corrected chi connectivity index (χ4v) is 10.1. The van der Waals surface area contributed by atoms with Crippen molar-refractivity contribution in [3.05, 3.63) is 47.5 Å². The van der Waals surface area contributed by atoms with Crippen LogP contribution < -0.4 is 0 Å². The van der Waals surface area contributed by atoms with Gasteiger partial charge in [0.15, 0.2) is 0 Å². The molecule has 0 saturated heterocycles. The fraction of sp³-hybridized carbons (Fsp3) is 0.765. The van der Waals surface area contributed by atoms with Gasteiger partial charge >= 0.3 is 0 Å². The summed E-state index contributed by atoms with van der Waals surface area (Å²) in [5.41, 5.74) is 4.00. The van der Waals surface area contributed by atoms with Gasteiger partial charge in [-0.3, -0.25) is 0 Å². The van der Waals surface area contributed by atoms with Crippen molar-refractivity contribution in [1.29, 1.82) is 0 Å². The van der Waals surface area contributed by atoms with E-state index in [9.17, 15) is 5.11 Å². The van der Waals surface area contributed by atoms with Gasteiger partial charge < -0.3 is 5.11 Å². The smallest absolute Gasteiger partial charge is 0.0577 e. The molecular weight excluding hydrogens is 424 g/mol. The first-order chi connectivity index (χ1) is 16.7. The third-order valence-corrected chi connectivity index (χ3v) is 11.7. The van der Waals surface area contributed by atoms with Gasteiger partial charge in [-0.2, -0.15) is 0 Å². The van der Waals surface area contributed by atoms with E-state index < -0.39 is 0 Å².